The largest absolute Gasteiger partial charge is 0.478 e. The van der Waals surface area contributed by atoms with Gasteiger partial charge in [-0.1, -0.05) is 12.8 Å². The molecule has 5 heteroatoms. The van der Waals surface area contributed by atoms with E-state index in [0.717, 1.165) is 5.56 Å². The fourth-order valence-electron chi connectivity index (χ4n) is 1.74. The Kier molecular flexibility index (Phi) is 5.15. The lowest BCUT2D eigenvalue weighted by Gasteiger charge is -2.14. The Morgan fingerprint density at radius 3 is 2.55 bits per heavy atom. The Labute approximate surface area is 118 Å². The topological polar surface area (TPSA) is 78.4 Å². The van der Waals surface area contributed by atoms with Crippen LogP contribution in [-0.2, 0) is 0 Å². The molecule has 106 valence electrons. The summed E-state index contributed by atoms with van der Waals surface area (Å²) in [7, 11) is 0. The van der Waals surface area contributed by atoms with E-state index in [4.69, 9.17) is 11.5 Å². The second-order valence-electron chi connectivity index (χ2n) is 4.50. The molecule has 0 aliphatic rings. The molecule has 20 heavy (non-hydrogen) atoms. The molecule has 1 atom stereocenters. The number of rotatable bonds is 4. The summed E-state index contributed by atoms with van der Waals surface area (Å²) < 4.78 is 0. The van der Waals surface area contributed by atoms with Crippen LogP contribution in [0.3, 0.4) is 0 Å². The molecule has 0 aromatic heterocycles. The van der Waals surface area contributed by atoms with Crippen molar-refractivity contribution in [2.45, 2.75) is 33.2 Å². The summed E-state index contributed by atoms with van der Waals surface area (Å²) in [5, 5.41) is 14.3. The van der Waals surface area contributed by atoms with Gasteiger partial charge in [0.2, 0.25) is 0 Å². The van der Waals surface area contributed by atoms with Crippen LogP contribution in [0.15, 0.2) is 12.1 Å². The molecule has 0 radical (unpaired) electrons. The molecule has 0 saturated carbocycles. The zero-order valence-corrected chi connectivity index (χ0v) is 11.8. The van der Waals surface area contributed by atoms with E-state index in [2.05, 4.69) is 16.6 Å². The van der Waals surface area contributed by atoms with E-state index in [1.807, 2.05) is 6.92 Å². The fraction of sp³-hybridized carbons (Fsp3) is 0.333. The number of carboxylic acids is 1. The summed E-state index contributed by atoms with van der Waals surface area (Å²) in [5.74, 6) is 1.43. The molecule has 2 amide bonds. The summed E-state index contributed by atoms with van der Waals surface area (Å²) in [6, 6.07) is 2.36. The molecular weight excluding hydrogens is 256 g/mol. The van der Waals surface area contributed by atoms with Gasteiger partial charge in [0.05, 0.1) is 11.6 Å². The SMILES string of the molecule is C#CC(CC)NC(=O)Nc1cc(C)c(C)c(C(=O)O)c1. The first-order chi connectivity index (χ1) is 9.38. The van der Waals surface area contributed by atoms with Crippen molar-refractivity contribution in [3.05, 3.63) is 28.8 Å². The molecule has 1 unspecified atom stereocenters. The molecule has 0 heterocycles. The van der Waals surface area contributed by atoms with Crippen LogP contribution in [0, 0.1) is 26.2 Å². The number of aromatic carboxylic acids is 1. The van der Waals surface area contributed by atoms with Crippen molar-refractivity contribution in [3.63, 3.8) is 0 Å². The maximum Gasteiger partial charge on any atom is 0.336 e. The maximum absolute atomic E-state index is 11.8. The highest BCUT2D eigenvalue weighted by Crippen LogP contribution is 2.20. The summed E-state index contributed by atoms with van der Waals surface area (Å²) >= 11 is 0. The third kappa shape index (κ3) is 3.75. The number of aryl methyl sites for hydroxylation is 1. The maximum atomic E-state index is 11.8. The quantitative estimate of drug-likeness (QED) is 0.738. The number of carbonyl (C=O) groups is 2. The lowest BCUT2D eigenvalue weighted by atomic mass is 10.0. The number of terminal acetylenes is 1. The number of nitrogens with one attached hydrogen (secondary N) is 2. The van der Waals surface area contributed by atoms with Crippen LogP contribution in [0.1, 0.15) is 34.8 Å². The van der Waals surface area contributed by atoms with Crippen LogP contribution in [0.2, 0.25) is 0 Å². The van der Waals surface area contributed by atoms with E-state index in [1.54, 1.807) is 19.9 Å². The predicted octanol–water partition coefficient (Wildman–Crippen LogP) is 2.53. The highest BCUT2D eigenvalue weighted by molar-refractivity contribution is 5.94. The lowest BCUT2D eigenvalue weighted by Crippen LogP contribution is -2.36. The first-order valence-corrected chi connectivity index (χ1v) is 6.27. The Morgan fingerprint density at radius 2 is 2.05 bits per heavy atom. The fourth-order valence-corrected chi connectivity index (χ4v) is 1.74. The Bertz CT molecular complexity index is 573. The van der Waals surface area contributed by atoms with Crippen molar-refractivity contribution in [2.75, 3.05) is 5.32 Å². The Hall–Kier alpha value is -2.48. The molecule has 0 aliphatic carbocycles. The highest BCUT2D eigenvalue weighted by Gasteiger charge is 2.13. The van der Waals surface area contributed by atoms with Gasteiger partial charge in [-0.2, -0.15) is 0 Å². The first kappa shape index (κ1) is 15.6. The van der Waals surface area contributed by atoms with Crippen LogP contribution in [0.25, 0.3) is 0 Å². The molecule has 5 nitrogen and oxygen atoms in total. The lowest BCUT2D eigenvalue weighted by molar-refractivity contribution is 0.0696. The van der Waals surface area contributed by atoms with Gasteiger partial charge in [-0.25, -0.2) is 9.59 Å². The molecular formula is C15H18N2O3. The minimum Gasteiger partial charge on any atom is -0.478 e. The number of benzene rings is 1. The van der Waals surface area contributed by atoms with E-state index >= 15 is 0 Å². The molecule has 0 saturated heterocycles. The van der Waals surface area contributed by atoms with Gasteiger partial charge in [0.1, 0.15) is 0 Å². The summed E-state index contributed by atoms with van der Waals surface area (Å²) in [4.78, 5) is 22.9. The zero-order chi connectivity index (χ0) is 15.3. The van der Waals surface area contributed by atoms with Crippen molar-refractivity contribution < 1.29 is 14.7 Å². The second-order valence-corrected chi connectivity index (χ2v) is 4.50. The van der Waals surface area contributed by atoms with Gasteiger partial charge in [0, 0.05) is 5.69 Å². The average Bonchev–Trinajstić information content (AvgIpc) is 2.39. The normalized spacial score (nSPS) is 11.3. The number of hydrogen-bond acceptors (Lipinski definition) is 2. The molecule has 0 aliphatic heterocycles. The number of carbonyl (C=O) groups excluding carboxylic acids is 1. The summed E-state index contributed by atoms with van der Waals surface area (Å²) in [6.45, 7) is 5.39. The van der Waals surface area contributed by atoms with Gasteiger partial charge in [0.25, 0.3) is 0 Å². The number of hydrogen-bond donors (Lipinski definition) is 3. The Balaban J connectivity index is 2.91. The van der Waals surface area contributed by atoms with Crippen molar-refractivity contribution in [2.24, 2.45) is 0 Å². The van der Waals surface area contributed by atoms with Crippen molar-refractivity contribution >= 4 is 17.7 Å². The minimum absolute atomic E-state index is 0.171. The van der Waals surface area contributed by atoms with Crippen LogP contribution < -0.4 is 10.6 Å². The van der Waals surface area contributed by atoms with Crippen LogP contribution in [0.5, 0.6) is 0 Å². The average molecular weight is 274 g/mol. The molecule has 1 aromatic rings. The van der Waals surface area contributed by atoms with Gasteiger partial charge in [0.15, 0.2) is 0 Å². The molecule has 1 rings (SSSR count). The van der Waals surface area contributed by atoms with Crippen molar-refractivity contribution in [1.82, 2.24) is 5.32 Å². The van der Waals surface area contributed by atoms with Gasteiger partial charge in [-0.3, -0.25) is 0 Å². The van der Waals surface area contributed by atoms with Gasteiger partial charge >= 0.3 is 12.0 Å². The van der Waals surface area contributed by atoms with E-state index in [-0.39, 0.29) is 11.6 Å². The Morgan fingerprint density at radius 1 is 1.40 bits per heavy atom. The molecule has 0 bridgehead atoms. The van der Waals surface area contributed by atoms with E-state index in [0.29, 0.717) is 17.7 Å². The molecule has 0 spiro atoms. The van der Waals surface area contributed by atoms with Gasteiger partial charge in [-0.05, 0) is 43.5 Å². The number of anilines is 1. The number of carboxylic acid groups (broad SMARTS) is 1. The van der Waals surface area contributed by atoms with Gasteiger partial charge in [-0.15, -0.1) is 6.42 Å². The number of amides is 2. The van der Waals surface area contributed by atoms with Crippen LogP contribution in [-0.4, -0.2) is 23.1 Å². The molecule has 0 fully saturated rings. The third-order valence-corrected chi connectivity index (χ3v) is 3.07. The summed E-state index contributed by atoms with van der Waals surface area (Å²) in [5.41, 5.74) is 2.07. The van der Waals surface area contributed by atoms with Gasteiger partial charge < -0.3 is 15.7 Å². The van der Waals surface area contributed by atoms with Crippen molar-refractivity contribution in [3.8, 4) is 12.3 Å². The number of urea groups is 1. The van der Waals surface area contributed by atoms with Crippen LogP contribution >= 0.6 is 0 Å². The standard InChI is InChI=1S/C15H18N2O3/c1-5-11(6-2)16-15(20)17-12-7-9(3)10(4)13(8-12)14(18)19/h1,7-8,11H,6H2,2-4H3,(H,18,19)(H2,16,17,20). The van der Waals surface area contributed by atoms with E-state index in [9.17, 15) is 9.59 Å². The first-order valence-electron chi connectivity index (χ1n) is 6.27. The van der Waals surface area contributed by atoms with Crippen LogP contribution in [0.4, 0.5) is 10.5 Å². The summed E-state index contributed by atoms with van der Waals surface area (Å²) in [6.07, 6.45) is 5.88. The van der Waals surface area contributed by atoms with E-state index < -0.39 is 12.0 Å². The monoisotopic (exact) mass is 274 g/mol. The molecule has 3 N–H and O–H groups in total. The minimum atomic E-state index is -1.02. The second kappa shape index (κ2) is 6.62. The highest BCUT2D eigenvalue weighted by atomic mass is 16.4. The van der Waals surface area contributed by atoms with Crippen molar-refractivity contribution in [1.29, 1.82) is 0 Å². The smallest absolute Gasteiger partial charge is 0.336 e. The predicted molar refractivity (Wildman–Crippen MR) is 77.9 cm³/mol. The molecule has 1 aromatic carbocycles. The van der Waals surface area contributed by atoms with E-state index in [1.165, 1.54) is 6.07 Å². The third-order valence-electron chi connectivity index (χ3n) is 3.07. The zero-order valence-electron chi connectivity index (χ0n) is 11.8.